The van der Waals surface area contributed by atoms with Crippen LogP contribution in [0.15, 0.2) is 59.1 Å². The molecule has 6 heteroatoms. The minimum atomic E-state index is -0.554. The highest BCUT2D eigenvalue weighted by Crippen LogP contribution is 2.15. The van der Waals surface area contributed by atoms with Crippen LogP contribution in [0.1, 0.15) is 10.4 Å². The van der Waals surface area contributed by atoms with E-state index in [2.05, 4.69) is 26.6 Å². The van der Waals surface area contributed by atoms with Crippen LogP contribution in [0.2, 0.25) is 0 Å². The van der Waals surface area contributed by atoms with Gasteiger partial charge in [0.25, 0.3) is 5.91 Å². The topological polar surface area (TPSA) is 67.4 Å². The minimum absolute atomic E-state index is 0.203. The first kappa shape index (κ1) is 16.0. The van der Waals surface area contributed by atoms with E-state index in [1.165, 1.54) is 0 Å². The third-order valence-corrected chi connectivity index (χ3v) is 3.44. The van der Waals surface area contributed by atoms with Crippen molar-refractivity contribution in [3.05, 3.63) is 64.6 Å². The lowest BCUT2D eigenvalue weighted by Crippen LogP contribution is -2.36. The largest absolute Gasteiger partial charge is 0.412 e. The van der Waals surface area contributed by atoms with Crippen LogP contribution in [-0.2, 0) is 0 Å². The molecule has 2 amide bonds. The first-order valence-corrected chi connectivity index (χ1v) is 7.49. The normalized spacial score (nSPS) is 9.86. The highest BCUT2D eigenvalue weighted by atomic mass is 79.9. The summed E-state index contributed by atoms with van der Waals surface area (Å²) in [6.07, 6.45) is -0.554. The van der Waals surface area contributed by atoms with Crippen molar-refractivity contribution in [3.63, 3.8) is 0 Å². The van der Waals surface area contributed by atoms with E-state index < -0.39 is 6.09 Å². The van der Waals surface area contributed by atoms with E-state index in [-0.39, 0.29) is 12.5 Å². The predicted molar refractivity (Wildman–Crippen MR) is 86.9 cm³/mol. The Hall–Kier alpha value is -2.34. The van der Waals surface area contributed by atoms with Crippen LogP contribution in [0.4, 0.5) is 4.79 Å². The Morgan fingerprint density at radius 1 is 0.909 bits per heavy atom. The molecule has 0 aliphatic heterocycles. The summed E-state index contributed by atoms with van der Waals surface area (Å²) in [4.78, 5) is 23.4. The fourth-order valence-corrected chi connectivity index (χ4v) is 2.18. The molecule has 5 nitrogen and oxygen atoms in total. The lowest BCUT2D eigenvalue weighted by Gasteiger charge is -2.08. The number of para-hydroxylation sites is 1. The maximum atomic E-state index is 11.9. The van der Waals surface area contributed by atoms with Crippen molar-refractivity contribution in [2.75, 3.05) is 13.1 Å². The van der Waals surface area contributed by atoms with Gasteiger partial charge < -0.3 is 15.4 Å². The van der Waals surface area contributed by atoms with Gasteiger partial charge in [-0.15, -0.1) is 0 Å². The molecular formula is C16H15BrN2O3. The fourth-order valence-electron chi connectivity index (χ4n) is 1.71. The summed E-state index contributed by atoms with van der Waals surface area (Å²) < 4.78 is 5.78. The Morgan fingerprint density at radius 3 is 2.27 bits per heavy atom. The third kappa shape index (κ3) is 4.89. The molecule has 0 radical (unpaired) electrons. The van der Waals surface area contributed by atoms with Gasteiger partial charge in [-0.1, -0.05) is 30.3 Å². The molecule has 2 aromatic carbocycles. The molecule has 0 fully saturated rings. The van der Waals surface area contributed by atoms with Gasteiger partial charge in [0.2, 0.25) is 0 Å². The molecular weight excluding hydrogens is 348 g/mol. The van der Waals surface area contributed by atoms with Crippen LogP contribution in [0, 0.1) is 0 Å². The number of hydrogen-bond acceptors (Lipinski definition) is 3. The fraction of sp³-hybridized carbons (Fsp3) is 0.125. The second-order valence-corrected chi connectivity index (χ2v) is 5.22. The van der Waals surface area contributed by atoms with Crippen molar-refractivity contribution in [1.82, 2.24) is 10.6 Å². The van der Waals surface area contributed by atoms with Gasteiger partial charge in [0.15, 0.2) is 0 Å². The van der Waals surface area contributed by atoms with Gasteiger partial charge in [-0.3, -0.25) is 4.79 Å². The lowest BCUT2D eigenvalue weighted by molar-refractivity contribution is 0.0952. The molecule has 0 saturated carbocycles. The van der Waals surface area contributed by atoms with E-state index in [4.69, 9.17) is 4.74 Å². The third-order valence-electron chi connectivity index (χ3n) is 2.75. The molecule has 0 heterocycles. The summed E-state index contributed by atoms with van der Waals surface area (Å²) in [6, 6.07) is 15.9. The Balaban J connectivity index is 1.70. The van der Waals surface area contributed by atoms with Crippen LogP contribution in [0.3, 0.4) is 0 Å². The number of amides is 2. The number of hydrogen-bond donors (Lipinski definition) is 2. The molecule has 0 atom stereocenters. The first-order chi connectivity index (χ1) is 10.7. The van der Waals surface area contributed by atoms with E-state index in [1.807, 2.05) is 12.1 Å². The summed E-state index contributed by atoms with van der Waals surface area (Å²) in [5.41, 5.74) is 0.550. The second-order valence-electron chi connectivity index (χ2n) is 4.37. The summed E-state index contributed by atoms with van der Waals surface area (Å²) in [7, 11) is 0. The molecule has 0 spiro atoms. The maximum Gasteiger partial charge on any atom is 0.412 e. The molecule has 0 saturated heterocycles. The molecule has 0 aromatic heterocycles. The van der Waals surface area contributed by atoms with Crippen LogP contribution >= 0.6 is 15.9 Å². The number of ether oxygens (including phenoxy) is 1. The maximum absolute atomic E-state index is 11.9. The van der Waals surface area contributed by atoms with Gasteiger partial charge in [-0.2, -0.15) is 0 Å². The molecule has 2 N–H and O–H groups in total. The quantitative estimate of drug-likeness (QED) is 0.803. The van der Waals surface area contributed by atoms with E-state index in [0.717, 1.165) is 4.47 Å². The van der Waals surface area contributed by atoms with Crippen molar-refractivity contribution in [1.29, 1.82) is 0 Å². The Morgan fingerprint density at radius 2 is 1.55 bits per heavy atom. The van der Waals surface area contributed by atoms with Crippen molar-refractivity contribution < 1.29 is 14.3 Å². The van der Waals surface area contributed by atoms with Gasteiger partial charge in [-0.05, 0) is 40.2 Å². The van der Waals surface area contributed by atoms with E-state index in [0.29, 0.717) is 17.9 Å². The molecule has 2 aromatic rings. The minimum Gasteiger partial charge on any atom is -0.410 e. The Kier molecular flexibility index (Phi) is 5.97. The van der Waals surface area contributed by atoms with E-state index >= 15 is 0 Å². The van der Waals surface area contributed by atoms with Crippen molar-refractivity contribution in [2.24, 2.45) is 0 Å². The zero-order valence-electron chi connectivity index (χ0n) is 11.7. The molecule has 0 unspecified atom stereocenters. The average molecular weight is 363 g/mol. The van der Waals surface area contributed by atoms with Gasteiger partial charge in [0.1, 0.15) is 5.75 Å². The lowest BCUT2D eigenvalue weighted by atomic mass is 10.2. The van der Waals surface area contributed by atoms with Crippen molar-refractivity contribution in [2.45, 2.75) is 0 Å². The van der Waals surface area contributed by atoms with Gasteiger partial charge in [0.05, 0.1) is 5.56 Å². The molecule has 0 aliphatic rings. The van der Waals surface area contributed by atoms with Crippen molar-refractivity contribution >= 4 is 27.9 Å². The summed E-state index contributed by atoms with van der Waals surface area (Å²) in [5.74, 6) is 0.267. The zero-order chi connectivity index (χ0) is 15.8. The number of halogens is 1. The van der Waals surface area contributed by atoms with Gasteiger partial charge in [0, 0.05) is 17.6 Å². The molecule has 2 rings (SSSR count). The zero-order valence-corrected chi connectivity index (χ0v) is 13.3. The standard InChI is InChI=1S/C16H15BrN2O3/c17-14-9-5-4-8-13(14)15(20)18-10-11-19-16(21)22-12-6-2-1-3-7-12/h1-9H,10-11H2,(H,18,20)(H,19,21). The van der Waals surface area contributed by atoms with Crippen LogP contribution in [-0.4, -0.2) is 25.1 Å². The molecule has 22 heavy (non-hydrogen) atoms. The highest BCUT2D eigenvalue weighted by molar-refractivity contribution is 9.10. The molecule has 114 valence electrons. The van der Waals surface area contributed by atoms with Crippen LogP contribution in [0.25, 0.3) is 0 Å². The summed E-state index contributed by atoms with van der Waals surface area (Å²) in [5, 5.41) is 5.28. The van der Waals surface area contributed by atoms with E-state index in [1.54, 1.807) is 42.5 Å². The first-order valence-electron chi connectivity index (χ1n) is 6.70. The number of nitrogens with one attached hydrogen (secondary N) is 2. The summed E-state index contributed by atoms with van der Waals surface area (Å²) >= 11 is 3.32. The Labute approximate surface area is 136 Å². The Bertz CT molecular complexity index is 647. The summed E-state index contributed by atoms with van der Waals surface area (Å²) in [6.45, 7) is 0.589. The number of rotatable bonds is 5. The SMILES string of the molecule is O=C(NCCNC(=O)c1ccccc1Br)Oc1ccccc1. The van der Waals surface area contributed by atoms with E-state index in [9.17, 15) is 9.59 Å². The predicted octanol–water partition coefficient (Wildman–Crippen LogP) is 2.97. The van der Waals surface area contributed by atoms with Crippen molar-refractivity contribution in [3.8, 4) is 5.75 Å². The monoisotopic (exact) mass is 362 g/mol. The molecule has 0 bridgehead atoms. The number of carbonyl (C=O) groups excluding carboxylic acids is 2. The van der Waals surface area contributed by atoms with Crippen LogP contribution < -0.4 is 15.4 Å². The number of carbonyl (C=O) groups is 2. The number of benzene rings is 2. The van der Waals surface area contributed by atoms with Gasteiger partial charge in [-0.25, -0.2) is 4.79 Å². The average Bonchev–Trinajstić information content (AvgIpc) is 2.53. The van der Waals surface area contributed by atoms with Crippen LogP contribution in [0.5, 0.6) is 5.75 Å². The van der Waals surface area contributed by atoms with Gasteiger partial charge >= 0.3 is 6.09 Å². The highest BCUT2D eigenvalue weighted by Gasteiger charge is 2.08. The smallest absolute Gasteiger partial charge is 0.410 e. The second kappa shape index (κ2) is 8.19. The molecule has 0 aliphatic carbocycles.